The van der Waals surface area contributed by atoms with Gasteiger partial charge < -0.3 is 19.7 Å². The molecule has 4 aromatic rings. The van der Waals surface area contributed by atoms with Gasteiger partial charge in [-0.1, -0.05) is 68.4 Å². The molecule has 0 heterocycles. The standard InChI is InChI=1S/C38H44FN3O6S/c1-26(2)23-40-38(44)34(21-29-12-8-7-9-13-29)41(24-30-14-10-11-15-33(30)39)37(43)25-42(31-19-27(3)18-28(4)20-31)49(45,46)32-16-17-35(47-5)36(22-32)48-6/h7-20,22,26,34H,21,23-25H2,1-6H3,(H,40,44). The molecule has 0 saturated carbocycles. The highest BCUT2D eigenvalue weighted by Crippen LogP contribution is 2.33. The molecule has 0 bridgehead atoms. The largest absolute Gasteiger partial charge is 0.493 e. The average molecular weight is 690 g/mol. The first-order valence-corrected chi connectivity index (χ1v) is 17.5. The van der Waals surface area contributed by atoms with Crippen molar-refractivity contribution in [3.8, 4) is 11.5 Å². The van der Waals surface area contributed by atoms with Crippen LogP contribution in [0.2, 0.25) is 0 Å². The highest BCUT2D eigenvalue weighted by Gasteiger charge is 2.35. The number of nitrogens with one attached hydrogen (secondary N) is 1. The number of aryl methyl sites for hydroxylation is 2. The van der Waals surface area contributed by atoms with E-state index in [0.29, 0.717) is 12.3 Å². The number of carbonyl (C=O) groups excluding carboxylic acids is 2. The molecular formula is C38H44FN3O6S. The van der Waals surface area contributed by atoms with Gasteiger partial charge in [0.05, 0.1) is 24.8 Å². The Balaban J connectivity index is 1.86. The molecule has 0 saturated heterocycles. The van der Waals surface area contributed by atoms with Gasteiger partial charge in [0.15, 0.2) is 11.5 Å². The number of rotatable bonds is 15. The summed E-state index contributed by atoms with van der Waals surface area (Å²) in [6.45, 7) is 6.99. The second-order valence-corrected chi connectivity index (χ2v) is 14.2. The third-order valence-electron chi connectivity index (χ3n) is 7.97. The second-order valence-electron chi connectivity index (χ2n) is 12.3. The number of hydrogen-bond acceptors (Lipinski definition) is 6. The normalized spacial score (nSPS) is 11.9. The van der Waals surface area contributed by atoms with Crippen LogP contribution in [0.25, 0.3) is 0 Å². The van der Waals surface area contributed by atoms with Gasteiger partial charge >= 0.3 is 0 Å². The Labute approximate surface area is 288 Å². The van der Waals surface area contributed by atoms with E-state index in [9.17, 15) is 18.0 Å². The first-order valence-electron chi connectivity index (χ1n) is 16.0. The Morgan fingerprint density at radius 3 is 2.08 bits per heavy atom. The van der Waals surface area contributed by atoms with E-state index in [1.807, 2.05) is 64.1 Å². The van der Waals surface area contributed by atoms with Crippen LogP contribution in [-0.4, -0.2) is 58.5 Å². The molecule has 0 aromatic heterocycles. The van der Waals surface area contributed by atoms with E-state index in [1.165, 1.54) is 43.4 Å². The fourth-order valence-corrected chi connectivity index (χ4v) is 6.93. The van der Waals surface area contributed by atoms with Crippen LogP contribution < -0.4 is 19.1 Å². The van der Waals surface area contributed by atoms with Crippen LogP contribution in [0.1, 0.15) is 36.1 Å². The Bertz CT molecular complexity index is 1850. The summed E-state index contributed by atoms with van der Waals surface area (Å²) in [5, 5.41) is 2.93. The van der Waals surface area contributed by atoms with Crippen molar-refractivity contribution in [2.45, 2.75) is 51.6 Å². The minimum absolute atomic E-state index is 0.122. The molecule has 0 fully saturated rings. The van der Waals surface area contributed by atoms with Gasteiger partial charge in [0.2, 0.25) is 11.8 Å². The predicted molar refractivity (Wildman–Crippen MR) is 189 cm³/mol. The third-order valence-corrected chi connectivity index (χ3v) is 9.74. The third kappa shape index (κ3) is 9.38. The highest BCUT2D eigenvalue weighted by atomic mass is 32.2. The van der Waals surface area contributed by atoms with E-state index in [1.54, 1.807) is 30.3 Å². The summed E-state index contributed by atoms with van der Waals surface area (Å²) in [6, 6.07) is 23.6. The zero-order chi connectivity index (χ0) is 35.7. The molecule has 9 nitrogen and oxygen atoms in total. The Kier molecular flexibility index (Phi) is 12.4. The summed E-state index contributed by atoms with van der Waals surface area (Å²) in [7, 11) is -1.56. The zero-order valence-corrected chi connectivity index (χ0v) is 29.6. The minimum Gasteiger partial charge on any atom is -0.493 e. The number of sulfonamides is 1. The van der Waals surface area contributed by atoms with Crippen LogP contribution >= 0.6 is 0 Å². The first kappa shape index (κ1) is 36.9. The van der Waals surface area contributed by atoms with Crippen molar-refractivity contribution in [3.05, 3.63) is 119 Å². The number of anilines is 1. The molecule has 0 aliphatic rings. The monoisotopic (exact) mass is 689 g/mol. The maximum absolute atomic E-state index is 15.2. The van der Waals surface area contributed by atoms with Crippen molar-refractivity contribution in [1.29, 1.82) is 0 Å². The van der Waals surface area contributed by atoms with Crippen molar-refractivity contribution >= 4 is 27.5 Å². The van der Waals surface area contributed by atoms with Crippen molar-refractivity contribution in [2.75, 3.05) is 31.6 Å². The van der Waals surface area contributed by atoms with Crippen molar-refractivity contribution in [2.24, 2.45) is 5.92 Å². The lowest BCUT2D eigenvalue weighted by Crippen LogP contribution is -2.53. The molecule has 4 rings (SSSR count). The quantitative estimate of drug-likeness (QED) is 0.163. The molecule has 4 aromatic carbocycles. The topological polar surface area (TPSA) is 105 Å². The summed E-state index contributed by atoms with van der Waals surface area (Å²) in [4.78, 5) is 29.7. The van der Waals surface area contributed by atoms with E-state index >= 15 is 4.39 Å². The number of carbonyl (C=O) groups is 2. The smallest absolute Gasteiger partial charge is 0.264 e. The van der Waals surface area contributed by atoms with Gasteiger partial charge in [0, 0.05) is 31.1 Å². The van der Waals surface area contributed by atoms with E-state index in [4.69, 9.17) is 9.47 Å². The van der Waals surface area contributed by atoms with Gasteiger partial charge in [-0.3, -0.25) is 13.9 Å². The van der Waals surface area contributed by atoms with Crippen molar-refractivity contribution in [3.63, 3.8) is 0 Å². The van der Waals surface area contributed by atoms with Gasteiger partial charge in [0.1, 0.15) is 18.4 Å². The van der Waals surface area contributed by atoms with E-state index < -0.39 is 40.2 Å². The second kappa shape index (κ2) is 16.5. The number of methoxy groups -OCH3 is 2. The SMILES string of the molecule is COc1ccc(S(=O)(=O)N(CC(=O)N(Cc2ccccc2F)C(Cc2ccccc2)C(=O)NCC(C)C)c2cc(C)cc(C)c2)cc1OC. The van der Waals surface area contributed by atoms with Crippen LogP contribution in [0.3, 0.4) is 0 Å². The van der Waals surface area contributed by atoms with Crippen LogP contribution in [0, 0.1) is 25.6 Å². The molecule has 1 unspecified atom stereocenters. The number of amides is 2. The molecule has 0 spiro atoms. The number of nitrogens with zero attached hydrogens (tertiary/aromatic N) is 2. The Morgan fingerprint density at radius 2 is 1.47 bits per heavy atom. The van der Waals surface area contributed by atoms with Crippen molar-refractivity contribution < 1.29 is 31.9 Å². The lowest BCUT2D eigenvalue weighted by molar-refractivity contribution is -0.140. The number of halogens is 1. The van der Waals surface area contributed by atoms with E-state index in [-0.39, 0.29) is 40.8 Å². The molecule has 260 valence electrons. The molecule has 49 heavy (non-hydrogen) atoms. The minimum atomic E-state index is -4.41. The maximum atomic E-state index is 15.2. The first-order chi connectivity index (χ1) is 23.3. The fourth-order valence-electron chi connectivity index (χ4n) is 5.51. The van der Waals surface area contributed by atoms with E-state index in [0.717, 1.165) is 21.0 Å². The zero-order valence-electron chi connectivity index (χ0n) is 28.8. The molecule has 0 radical (unpaired) electrons. The lowest BCUT2D eigenvalue weighted by atomic mass is 10.0. The van der Waals surface area contributed by atoms with Crippen molar-refractivity contribution in [1.82, 2.24) is 10.2 Å². The van der Waals surface area contributed by atoms with Gasteiger partial charge in [-0.2, -0.15) is 0 Å². The lowest BCUT2D eigenvalue weighted by Gasteiger charge is -2.34. The van der Waals surface area contributed by atoms with Gasteiger partial charge in [0.25, 0.3) is 10.0 Å². The Morgan fingerprint density at radius 1 is 0.837 bits per heavy atom. The average Bonchev–Trinajstić information content (AvgIpc) is 3.07. The van der Waals surface area contributed by atoms with Gasteiger partial charge in [-0.15, -0.1) is 0 Å². The van der Waals surface area contributed by atoms with Crippen LogP contribution in [0.4, 0.5) is 10.1 Å². The van der Waals surface area contributed by atoms with Gasteiger partial charge in [-0.25, -0.2) is 12.8 Å². The molecule has 2 amide bonds. The van der Waals surface area contributed by atoms with Crippen LogP contribution in [-0.2, 0) is 32.6 Å². The van der Waals surface area contributed by atoms with Gasteiger partial charge in [-0.05, 0) is 66.8 Å². The molecule has 1 N–H and O–H groups in total. The van der Waals surface area contributed by atoms with Crippen LogP contribution in [0.15, 0.2) is 95.9 Å². The summed E-state index contributed by atoms with van der Waals surface area (Å²) in [5.74, 6) is -1.01. The number of benzene rings is 4. The highest BCUT2D eigenvalue weighted by molar-refractivity contribution is 7.92. The van der Waals surface area contributed by atoms with E-state index in [2.05, 4.69) is 5.32 Å². The summed E-state index contributed by atoms with van der Waals surface area (Å²) in [5.41, 5.74) is 2.80. The molecular weight excluding hydrogens is 645 g/mol. The molecule has 0 aliphatic carbocycles. The molecule has 0 aliphatic heterocycles. The maximum Gasteiger partial charge on any atom is 0.264 e. The molecule has 11 heteroatoms. The molecule has 1 atom stereocenters. The summed E-state index contributed by atoms with van der Waals surface area (Å²) in [6.07, 6.45) is 0.122. The number of ether oxygens (including phenoxy) is 2. The fraction of sp³-hybridized carbons (Fsp3) is 0.316. The predicted octanol–water partition coefficient (Wildman–Crippen LogP) is 6.07. The van der Waals surface area contributed by atoms with Crippen LogP contribution in [0.5, 0.6) is 11.5 Å². The summed E-state index contributed by atoms with van der Waals surface area (Å²) >= 11 is 0. The number of hydrogen-bond donors (Lipinski definition) is 1. The Hall–Kier alpha value is -4.90. The summed E-state index contributed by atoms with van der Waals surface area (Å²) < 4.78 is 55.8.